The highest BCUT2D eigenvalue weighted by molar-refractivity contribution is 5.94. The number of amides is 1. The lowest BCUT2D eigenvalue weighted by atomic mass is 9.81. The first-order valence-corrected chi connectivity index (χ1v) is 9.37. The third-order valence-electron chi connectivity index (χ3n) is 5.60. The summed E-state index contributed by atoms with van der Waals surface area (Å²) in [5.74, 6) is -1.72. The van der Waals surface area contributed by atoms with Crippen molar-refractivity contribution < 1.29 is 36.2 Å². The van der Waals surface area contributed by atoms with Crippen LogP contribution in [0.3, 0.4) is 0 Å². The molecule has 3 N–H and O–H groups in total. The molecule has 0 saturated carbocycles. The number of carbonyl (C=O) groups excluding carboxylic acids is 1. The molecule has 4 heterocycles. The number of halogens is 6. The van der Waals surface area contributed by atoms with Crippen molar-refractivity contribution in [3.63, 3.8) is 0 Å². The number of piperidine rings is 1. The Kier molecular flexibility index (Phi) is 4.91. The molecule has 1 fully saturated rings. The minimum absolute atomic E-state index is 0.0616. The summed E-state index contributed by atoms with van der Waals surface area (Å²) < 4.78 is 79.6. The Morgan fingerprint density at radius 2 is 1.81 bits per heavy atom. The smallest absolute Gasteiger partial charge is 0.376 e. The van der Waals surface area contributed by atoms with Gasteiger partial charge in [0.2, 0.25) is 5.91 Å². The van der Waals surface area contributed by atoms with E-state index < -0.39 is 47.5 Å². The second-order valence-electron chi connectivity index (χ2n) is 7.58. The maximum Gasteiger partial charge on any atom is 0.433 e. The second-order valence-corrected chi connectivity index (χ2v) is 7.58. The molecule has 168 valence electrons. The first kappa shape index (κ1) is 21.4. The molecule has 0 radical (unpaired) electrons. The van der Waals surface area contributed by atoms with E-state index in [0.717, 1.165) is 6.07 Å². The van der Waals surface area contributed by atoms with Crippen molar-refractivity contribution in [2.75, 3.05) is 23.3 Å². The number of nitrogens with zero attached hydrogens (tertiary/aromatic N) is 3. The molecule has 1 atom stereocenters. The van der Waals surface area contributed by atoms with Gasteiger partial charge in [-0.1, -0.05) is 6.07 Å². The van der Waals surface area contributed by atoms with Crippen molar-refractivity contribution >= 4 is 17.5 Å². The number of hydrogen-bond acceptors (Lipinski definition) is 5. The molecule has 0 unspecified atom stereocenters. The molecule has 31 heavy (non-hydrogen) atoms. The predicted octanol–water partition coefficient (Wildman–Crippen LogP) is 3.30. The number of rotatable bonds is 2. The number of aromatic amines is 1. The average Bonchev–Trinajstić information content (AvgIpc) is 3.11. The topological polar surface area (TPSA) is 94.1 Å². The van der Waals surface area contributed by atoms with Crippen LogP contribution in [-0.4, -0.2) is 45.5 Å². The lowest BCUT2D eigenvalue weighted by molar-refractivity contribution is -0.267. The molecule has 13 heteroatoms. The molecule has 0 aliphatic carbocycles. The van der Waals surface area contributed by atoms with E-state index in [1.54, 1.807) is 4.90 Å². The molecule has 1 saturated heterocycles. The number of aromatic nitrogens is 3. The summed E-state index contributed by atoms with van der Waals surface area (Å²) in [5.41, 5.74) is -4.84. The molecule has 0 spiro atoms. The molecule has 0 bridgehead atoms. The summed E-state index contributed by atoms with van der Waals surface area (Å²) in [6.45, 7) is 0.479. The average molecular weight is 449 g/mol. The maximum absolute atomic E-state index is 13.6. The molecule has 1 amide bonds. The second kappa shape index (κ2) is 7.11. The Labute approximate surface area is 171 Å². The van der Waals surface area contributed by atoms with Gasteiger partial charge < -0.3 is 15.3 Å². The predicted molar refractivity (Wildman–Crippen MR) is 95.2 cm³/mol. The Balaban J connectivity index is 1.57. The molecule has 2 aromatic rings. The zero-order valence-electron chi connectivity index (χ0n) is 15.8. The fraction of sp³-hybridized carbons (Fsp3) is 0.500. The SMILES string of the molecule is O=C1C[C@@](O)(C(F)(F)F)c2c(n[nH]c2C2CCN(c3cccc(C(F)(F)F)n3)CC2)N1. The number of carbonyl (C=O) groups is 1. The minimum Gasteiger partial charge on any atom is -0.376 e. The van der Waals surface area contributed by atoms with Crippen LogP contribution in [-0.2, 0) is 16.6 Å². The van der Waals surface area contributed by atoms with Gasteiger partial charge in [-0.25, -0.2) is 4.98 Å². The van der Waals surface area contributed by atoms with Crippen LogP contribution in [0.15, 0.2) is 18.2 Å². The number of nitrogens with one attached hydrogen (secondary N) is 2. The summed E-state index contributed by atoms with van der Waals surface area (Å²) >= 11 is 0. The van der Waals surface area contributed by atoms with Crippen LogP contribution in [0.5, 0.6) is 0 Å². The number of alkyl halides is 6. The third-order valence-corrected chi connectivity index (χ3v) is 5.60. The maximum atomic E-state index is 13.6. The summed E-state index contributed by atoms with van der Waals surface area (Å²) in [6, 6.07) is 3.54. The van der Waals surface area contributed by atoms with Crippen LogP contribution in [0.4, 0.5) is 38.0 Å². The largest absolute Gasteiger partial charge is 0.433 e. The van der Waals surface area contributed by atoms with E-state index in [4.69, 9.17) is 0 Å². The fourth-order valence-corrected chi connectivity index (χ4v) is 4.05. The summed E-state index contributed by atoms with van der Waals surface area (Å²) in [4.78, 5) is 16.9. The van der Waals surface area contributed by atoms with Crippen molar-refractivity contribution in [2.45, 2.75) is 43.1 Å². The van der Waals surface area contributed by atoms with Gasteiger partial charge in [0, 0.05) is 24.7 Å². The molecule has 2 aliphatic rings. The molecular formula is C18H17F6N5O2. The van der Waals surface area contributed by atoms with Gasteiger partial charge in [-0.2, -0.15) is 31.4 Å². The zero-order chi connectivity index (χ0) is 22.6. The van der Waals surface area contributed by atoms with E-state index >= 15 is 0 Å². The normalized spacial score (nSPS) is 22.9. The van der Waals surface area contributed by atoms with Crippen LogP contribution >= 0.6 is 0 Å². The van der Waals surface area contributed by atoms with E-state index in [9.17, 15) is 36.2 Å². The van der Waals surface area contributed by atoms with Gasteiger partial charge in [0.25, 0.3) is 0 Å². The van der Waals surface area contributed by atoms with Gasteiger partial charge in [-0.05, 0) is 25.0 Å². The van der Waals surface area contributed by atoms with Gasteiger partial charge in [-0.3, -0.25) is 9.89 Å². The Hall–Kier alpha value is -2.83. The molecule has 0 aromatic carbocycles. The first-order valence-electron chi connectivity index (χ1n) is 9.37. The lowest BCUT2D eigenvalue weighted by Crippen LogP contribution is -2.49. The van der Waals surface area contributed by atoms with Gasteiger partial charge in [0.05, 0.1) is 12.0 Å². The summed E-state index contributed by atoms with van der Waals surface area (Å²) in [6.07, 6.45) is -10.3. The highest BCUT2D eigenvalue weighted by Gasteiger charge is 2.61. The fourth-order valence-electron chi connectivity index (χ4n) is 4.05. The number of aliphatic hydroxyl groups is 1. The van der Waals surface area contributed by atoms with Gasteiger partial charge in [0.15, 0.2) is 11.4 Å². The summed E-state index contributed by atoms with van der Waals surface area (Å²) in [5, 5.41) is 18.9. The van der Waals surface area contributed by atoms with E-state index in [2.05, 4.69) is 20.5 Å². The molecule has 4 rings (SSSR count). The molecular weight excluding hydrogens is 432 g/mol. The van der Waals surface area contributed by atoms with Crippen molar-refractivity contribution in [3.05, 3.63) is 35.2 Å². The van der Waals surface area contributed by atoms with Crippen LogP contribution in [0.1, 0.15) is 42.1 Å². The first-order chi connectivity index (χ1) is 14.4. The highest BCUT2D eigenvalue weighted by atomic mass is 19.4. The van der Waals surface area contributed by atoms with Crippen molar-refractivity contribution in [2.24, 2.45) is 0 Å². The van der Waals surface area contributed by atoms with E-state index in [1.807, 2.05) is 0 Å². The molecule has 2 aromatic heterocycles. The van der Waals surface area contributed by atoms with E-state index in [-0.39, 0.29) is 43.3 Å². The number of anilines is 2. The van der Waals surface area contributed by atoms with Crippen molar-refractivity contribution in [3.8, 4) is 0 Å². The minimum atomic E-state index is -5.10. The van der Waals surface area contributed by atoms with Crippen molar-refractivity contribution in [1.82, 2.24) is 15.2 Å². The number of H-pyrrole nitrogens is 1. The van der Waals surface area contributed by atoms with Crippen LogP contribution in [0.2, 0.25) is 0 Å². The number of fused-ring (bicyclic) bond motifs is 1. The van der Waals surface area contributed by atoms with Gasteiger partial charge >= 0.3 is 12.4 Å². The Morgan fingerprint density at radius 1 is 1.13 bits per heavy atom. The number of pyridine rings is 1. The molecule has 2 aliphatic heterocycles. The van der Waals surface area contributed by atoms with Gasteiger partial charge in [-0.15, -0.1) is 0 Å². The van der Waals surface area contributed by atoms with Crippen molar-refractivity contribution in [1.29, 1.82) is 0 Å². The summed E-state index contributed by atoms with van der Waals surface area (Å²) in [7, 11) is 0. The zero-order valence-corrected chi connectivity index (χ0v) is 15.8. The lowest BCUT2D eigenvalue weighted by Gasteiger charge is -2.37. The van der Waals surface area contributed by atoms with E-state index in [1.165, 1.54) is 12.1 Å². The van der Waals surface area contributed by atoms with Gasteiger partial charge in [0.1, 0.15) is 11.5 Å². The quantitative estimate of drug-likeness (QED) is 0.612. The van der Waals surface area contributed by atoms with Crippen LogP contribution < -0.4 is 10.2 Å². The van der Waals surface area contributed by atoms with Crippen LogP contribution in [0.25, 0.3) is 0 Å². The monoisotopic (exact) mass is 449 g/mol. The third kappa shape index (κ3) is 3.70. The van der Waals surface area contributed by atoms with Crippen LogP contribution in [0, 0.1) is 0 Å². The Morgan fingerprint density at radius 3 is 2.42 bits per heavy atom. The van der Waals surface area contributed by atoms with E-state index in [0.29, 0.717) is 0 Å². The molecule has 7 nitrogen and oxygen atoms in total. The Bertz CT molecular complexity index is 996. The highest BCUT2D eigenvalue weighted by Crippen LogP contribution is 2.49. The standard InChI is InChI=1S/C18H17F6N5O2/c19-17(20,21)10-2-1-3-11(25-10)29-6-4-9(5-7-29)14-13-15(28-27-14)26-12(30)8-16(13,31)18(22,23)24/h1-3,9,31H,4-8H2,(H2,26,27,28,30)/t16-/m0/s1. The number of hydrogen-bond donors (Lipinski definition) is 3.